The minimum atomic E-state index is 0.649. The summed E-state index contributed by atoms with van der Waals surface area (Å²) in [6.45, 7) is 11.5. The first-order valence-electron chi connectivity index (χ1n) is 11.4. The average molecular weight is 539 g/mol. The fourth-order valence-corrected chi connectivity index (χ4v) is 11.5. The van der Waals surface area contributed by atoms with Crippen LogP contribution < -0.4 is 10.6 Å². The van der Waals surface area contributed by atoms with Gasteiger partial charge >= 0.3 is 197 Å². The van der Waals surface area contributed by atoms with Gasteiger partial charge in [-0.2, -0.15) is 0 Å². The van der Waals surface area contributed by atoms with E-state index in [-0.39, 0.29) is 0 Å². The zero-order valence-corrected chi connectivity index (χ0v) is 22.6. The van der Waals surface area contributed by atoms with Crippen molar-refractivity contribution in [1.82, 2.24) is 10.6 Å². The van der Waals surface area contributed by atoms with Gasteiger partial charge in [-0.1, -0.05) is 0 Å². The molecule has 0 radical (unpaired) electrons. The summed E-state index contributed by atoms with van der Waals surface area (Å²) in [6.07, 6.45) is 2.51. The Balaban J connectivity index is 1.78. The molecule has 0 aliphatic carbocycles. The Hall–Kier alpha value is -0.601. The van der Waals surface area contributed by atoms with Gasteiger partial charge in [0.15, 0.2) is 0 Å². The van der Waals surface area contributed by atoms with Gasteiger partial charge in [0.25, 0.3) is 0 Å². The van der Waals surface area contributed by atoms with Crippen molar-refractivity contribution in [2.45, 2.75) is 76.3 Å². The van der Waals surface area contributed by atoms with Gasteiger partial charge in [0.05, 0.1) is 0 Å². The molecule has 2 rings (SSSR count). The minimum absolute atomic E-state index is 0.649. The van der Waals surface area contributed by atoms with Crippen LogP contribution in [-0.4, -0.2) is 38.3 Å². The van der Waals surface area contributed by atoms with Gasteiger partial charge in [-0.25, -0.2) is 0 Å². The average Bonchev–Trinajstić information content (AvgIpc) is 2.80. The summed E-state index contributed by atoms with van der Waals surface area (Å²) < 4.78 is 0. The second kappa shape index (κ2) is 15.2. The van der Waals surface area contributed by atoms with Crippen molar-refractivity contribution in [3.8, 4) is 0 Å². The Bertz CT molecular complexity index is 606. The van der Waals surface area contributed by atoms with E-state index in [2.05, 4.69) is 99.0 Å². The number of hydrogen-bond acceptors (Lipinski definition) is 2. The molecule has 0 unspecified atom stereocenters. The molecular weight excluding hydrogens is 498 g/mol. The van der Waals surface area contributed by atoms with Crippen LogP contribution in [0.5, 0.6) is 0 Å². The SMILES string of the molecule is CC[C@H](C)[C@@H](C[Se][Se]C[C@@H](NCc1ccccc1)[C@@H](C)CC)NCc1ccccc1. The Labute approximate surface area is 196 Å². The first-order valence-corrected chi connectivity index (χ1v) is 18.2. The molecule has 2 aromatic rings. The number of nitrogens with one attached hydrogen (secondary N) is 2. The summed E-state index contributed by atoms with van der Waals surface area (Å²) in [7, 11) is 0. The third-order valence-corrected chi connectivity index (χ3v) is 13.3. The molecule has 4 heteroatoms. The maximum absolute atomic E-state index is 3.87. The Morgan fingerprint density at radius 3 is 1.33 bits per heavy atom. The van der Waals surface area contributed by atoms with Crippen molar-refractivity contribution in [2.24, 2.45) is 11.8 Å². The molecular formula is C26H40N2Se2. The van der Waals surface area contributed by atoms with E-state index in [1.165, 1.54) is 34.6 Å². The number of rotatable bonds is 15. The zero-order valence-electron chi connectivity index (χ0n) is 19.1. The van der Waals surface area contributed by atoms with Gasteiger partial charge in [-0.15, -0.1) is 0 Å². The summed E-state index contributed by atoms with van der Waals surface area (Å²) >= 11 is 1.51. The molecule has 2 nitrogen and oxygen atoms in total. The van der Waals surface area contributed by atoms with E-state index in [1.807, 2.05) is 0 Å². The van der Waals surface area contributed by atoms with Crippen LogP contribution in [0, 0.1) is 11.8 Å². The molecule has 166 valence electrons. The summed E-state index contributed by atoms with van der Waals surface area (Å²) in [5, 5.41) is 10.5. The van der Waals surface area contributed by atoms with Crippen molar-refractivity contribution in [3.05, 3.63) is 71.8 Å². The van der Waals surface area contributed by atoms with Crippen LogP contribution in [0.1, 0.15) is 51.7 Å². The first-order chi connectivity index (χ1) is 14.6. The van der Waals surface area contributed by atoms with E-state index in [0.717, 1.165) is 51.2 Å². The van der Waals surface area contributed by atoms with Crippen molar-refractivity contribution in [3.63, 3.8) is 0 Å². The summed E-state index contributed by atoms with van der Waals surface area (Å²) in [6, 6.07) is 23.0. The predicted molar refractivity (Wildman–Crippen MR) is 134 cm³/mol. The van der Waals surface area contributed by atoms with Crippen molar-refractivity contribution in [2.75, 3.05) is 0 Å². The monoisotopic (exact) mass is 540 g/mol. The second-order valence-corrected chi connectivity index (χ2v) is 15.8. The molecule has 0 fully saturated rings. The molecule has 2 aromatic carbocycles. The van der Waals surface area contributed by atoms with E-state index in [0.29, 0.717) is 12.1 Å². The number of benzene rings is 2. The van der Waals surface area contributed by atoms with Crippen LogP contribution in [0.3, 0.4) is 0 Å². The standard InChI is InChI=1S/C26H40N2Se2/c1-5-21(3)25(27-17-23-13-9-7-10-14-23)19-29-30-20-26(22(4)6-2)28-18-24-15-11-8-12-16-24/h7-16,21-22,25-28H,5-6,17-20H2,1-4H3/t21-,22-,25+,26+/m0/s1. The quantitative estimate of drug-likeness (QED) is 0.229. The van der Waals surface area contributed by atoms with E-state index in [1.54, 1.807) is 0 Å². The van der Waals surface area contributed by atoms with Crippen molar-refractivity contribution < 1.29 is 0 Å². The van der Waals surface area contributed by atoms with Crippen LogP contribution in [0.25, 0.3) is 0 Å². The molecule has 0 aromatic heterocycles. The summed E-state index contributed by atoms with van der Waals surface area (Å²) in [5.41, 5.74) is 2.79. The molecule has 4 atom stereocenters. The van der Waals surface area contributed by atoms with Crippen molar-refractivity contribution >= 4 is 26.3 Å². The molecule has 0 spiro atoms. The Morgan fingerprint density at radius 2 is 1.00 bits per heavy atom. The van der Waals surface area contributed by atoms with Gasteiger partial charge < -0.3 is 0 Å². The third-order valence-electron chi connectivity index (χ3n) is 6.06. The van der Waals surface area contributed by atoms with Crippen molar-refractivity contribution in [1.29, 1.82) is 0 Å². The Morgan fingerprint density at radius 1 is 0.633 bits per heavy atom. The van der Waals surface area contributed by atoms with Gasteiger partial charge in [0.2, 0.25) is 0 Å². The van der Waals surface area contributed by atoms with E-state index >= 15 is 0 Å². The fraction of sp³-hybridized carbons (Fsp3) is 0.538. The molecule has 0 aliphatic rings. The summed E-state index contributed by atoms with van der Waals surface area (Å²) in [5.74, 6) is 1.49. The molecule has 0 saturated carbocycles. The molecule has 0 saturated heterocycles. The Kier molecular flexibility index (Phi) is 13.0. The zero-order chi connectivity index (χ0) is 21.6. The van der Waals surface area contributed by atoms with E-state index in [9.17, 15) is 0 Å². The van der Waals surface area contributed by atoms with Gasteiger partial charge in [0, 0.05) is 0 Å². The number of hydrogen-bond donors (Lipinski definition) is 2. The van der Waals surface area contributed by atoms with E-state index in [4.69, 9.17) is 0 Å². The molecule has 30 heavy (non-hydrogen) atoms. The fourth-order valence-electron chi connectivity index (χ4n) is 3.35. The summed E-state index contributed by atoms with van der Waals surface area (Å²) in [4.78, 5) is 0. The van der Waals surface area contributed by atoms with Crippen LogP contribution >= 0.6 is 0 Å². The van der Waals surface area contributed by atoms with Gasteiger partial charge in [-0.3, -0.25) is 0 Å². The maximum atomic E-state index is 3.87. The van der Waals surface area contributed by atoms with Gasteiger partial charge in [-0.05, 0) is 0 Å². The van der Waals surface area contributed by atoms with Gasteiger partial charge in [0.1, 0.15) is 0 Å². The molecule has 0 bridgehead atoms. The third kappa shape index (κ3) is 9.69. The van der Waals surface area contributed by atoms with Crippen LogP contribution in [-0.2, 0) is 13.1 Å². The van der Waals surface area contributed by atoms with Crippen LogP contribution in [0.2, 0.25) is 10.6 Å². The van der Waals surface area contributed by atoms with Crippen LogP contribution in [0.15, 0.2) is 60.7 Å². The topological polar surface area (TPSA) is 24.1 Å². The molecule has 0 heterocycles. The molecule has 2 N–H and O–H groups in total. The predicted octanol–water partition coefficient (Wildman–Crippen LogP) is 5.56. The second-order valence-electron chi connectivity index (χ2n) is 8.29. The first kappa shape index (κ1) is 25.7. The molecule has 0 amide bonds. The molecule has 0 aliphatic heterocycles. The van der Waals surface area contributed by atoms with Crippen LogP contribution in [0.4, 0.5) is 0 Å². The normalized spacial score (nSPS) is 15.5. The van der Waals surface area contributed by atoms with E-state index < -0.39 is 0 Å².